The summed E-state index contributed by atoms with van der Waals surface area (Å²) in [5, 5.41) is 7.22. The van der Waals surface area contributed by atoms with Crippen molar-refractivity contribution in [2.24, 2.45) is 5.73 Å². The summed E-state index contributed by atoms with van der Waals surface area (Å²) in [5.41, 5.74) is 6.24. The van der Waals surface area contributed by atoms with Crippen molar-refractivity contribution in [3.8, 4) is 0 Å². The largest absolute Gasteiger partial charge is 0.416 e. The number of hydrogen-bond acceptors (Lipinski definition) is 2. The SMILES string of the molecule is NC(=S)Nc1nn(Cc2ccccc2)c2ccc(C(F)(F)F)cc12. The number of nitrogens with one attached hydrogen (secondary N) is 1. The zero-order valence-corrected chi connectivity index (χ0v) is 13.2. The molecule has 0 saturated carbocycles. The average Bonchev–Trinajstić information content (AvgIpc) is 2.84. The second kappa shape index (κ2) is 6.12. The van der Waals surface area contributed by atoms with Gasteiger partial charge in [0.2, 0.25) is 0 Å². The Kier molecular flexibility index (Phi) is 4.15. The minimum absolute atomic E-state index is 0.0568. The molecular formula is C16H13F3N4S. The van der Waals surface area contributed by atoms with Crippen molar-refractivity contribution in [1.29, 1.82) is 0 Å². The fraction of sp³-hybridized carbons (Fsp3) is 0.125. The van der Waals surface area contributed by atoms with E-state index >= 15 is 0 Å². The number of fused-ring (bicyclic) bond motifs is 1. The van der Waals surface area contributed by atoms with Crippen LogP contribution in [-0.4, -0.2) is 14.9 Å². The Morgan fingerprint density at radius 1 is 1.17 bits per heavy atom. The van der Waals surface area contributed by atoms with Crippen LogP contribution in [0.5, 0.6) is 0 Å². The van der Waals surface area contributed by atoms with Gasteiger partial charge in [0.05, 0.1) is 17.6 Å². The highest BCUT2D eigenvalue weighted by molar-refractivity contribution is 7.80. The van der Waals surface area contributed by atoms with Crippen molar-refractivity contribution in [3.63, 3.8) is 0 Å². The van der Waals surface area contributed by atoms with Gasteiger partial charge in [0.25, 0.3) is 0 Å². The molecule has 0 unspecified atom stereocenters. The maximum atomic E-state index is 13.0. The fourth-order valence-electron chi connectivity index (χ4n) is 2.44. The third-order valence-corrected chi connectivity index (χ3v) is 3.60. The predicted octanol–water partition coefficient (Wildman–Crippen LogP) is 3.76. The molecule has 0 amide bonds. The molecule has 24 heavy (non-hydrogen) atoms. The van der Waals surface area contributed by atoms with Gasteiger partial charge >= 0.3 is 6.18 Å². The Labute approximate surface area is 141 Å². The Morgan fingerprint density at radius 2 is 1.88 bits per heavy atom. The van der Waals surface area contributed by atoms with Gasteiger partial charge in [0.1, 0.15) is 0 Å². The van der Waals surface area contributed by atoms with Gasteiger partial charge in [0.15, 0.2) is 10.9 Å². The highest BCUT2D eigenvalue weighted by atomic mass is 32.1. The van der Waals surface area contributed by atoms with E-state index in [9.17, 15) is 13.2 Å². The topological polar surface area (TPSA) is 55.9 Å². The molecule has 0 bridgehead atoms. The zero-order chi connectivity index (χ0) is 17.3. The van der Waals surface area contributed by atoms with Gasteiger partial charge in [-0.3, -0.25) is 4.68 Å². The average molecular weight is 350 g/mol. The quantitative estimate of drug-likeness (QED) is 0.706. The first-order valence-electron chi connectivity index (χ1n) is 7.03. The summed E-state index contributed by atoms with van der Waals surface area (Å²) in [4.78, 5) is 0. The number of hydrogen-bond donors (Lipinski definition) is 2. The molecule has 0 saturated heterocycles. The number of nitrogens with two attached hydrogens (primary N) is 1. The number of alkyl halides is 3. The van der Waals surface area contributed by atoms with Crippen LogP contribution in [-0.2, 0) is 12.7 Å². The lowest BCUT2D eigenvalue weighted by Gasteiger charge is -2.07. The molecule has 0 radical (unpaired) electrons. The number of anilines is 1. The van der Waals surface area contributed by atoms with Gasteiger partial charge < -0.3 is 11.1 Å². The monoisotopic (exact) mass is 350 g/mol. The molecule has 0 fully saturated rings. The van der Waals surface area contributed by atoms with Crippen LogP contribution >= 0.6 is 12.2 Å². The minimum atomic E-state index is -4.43. The minimum Gasteiger partial charge on any atom is -0.376 e. The first-order chi connectivity index (χ1) is 11.3. The van der Waals surface area contributed by atoms with E-state index < -0.39 is 11.7 Å². The van der Waals surface area contributed by atoms with Crippen molar-refractivity contribution in [2.75, 3.05) is 5.32 Å². The first-order valence-corrected chi connectivity index (χ1v) is 7.43. The van der Waals surface area contributed by atoms with Crippen molar-refractivity contribution in [3.05, 3.63) is 59.7 Å². The van der Waals surface area contributed by atoms with Crippen LogP contribution in [0.3, 0.4) is 0 Å². The molecule has 3 aromatic rings. The zero-order valence-electron chi connectivity index (χ0n) is 12.3. The van der Waals surface area contributed by atoms with Crippen molar-refractivity contribution in [1.82, 2.24) is 9.78 Å². The summed E-state index contributed by atoms with van der Waals surface area (Å²) in [6.45, 7) is 0.418. The molecule has 1 aromatic heterocycles. The summed E-state index contributed by atoms with van der Waals surface area (Å²) in [5.74, 6) is 0.208. The number of rotatable bonds is 3. The maximum absolute atomic E-state index is 13.0. The van der Waals surface area contributed by atoms with E-state index in [0.717, 1.165) is 17.7 Å². The second-order valence-electron chi connectivity index (χ2n) is 5.21. The Hall–Kier alpha value is -2.61. The van der Waals surface area contributed by atoms with E-state index in [2.05, 4.69) is 10.4 Å². The Balaban J connectivity index is 2.11. The molecule has 124 valence electrons. The van der Waals surface area contributed by atoms with E-state index in [-0.39, 0.29) is 10.9 Å². The predicted molar refractivity (Wildman–Crippen MR) is 90.7 cm³/mol. The summed E-state index contributed by atoms with van der Waals surface area (Å²) >= 11 is 4.78. The molecule has 0 aliphatic carbocycles. The van der Waals surface area contributed by atoms with Gasteiger partial charge in [-0.15, -0.1) is 0 Å². The van der Waals surface area contributed by atoms with Gasteiger partial charge in [-0.25, -0.2) is 0 Å². The van der Waals surface area contributed by atoms with Crippen LogP contribution in [0.25, 0.3) is 10.9 Å². The van der Waals surface area contributed by atoms with E-state index in [0.29, 0.717) is 17.4 Å². The van der Waals surface area contributed by atoms with Crippen LogP contribution in [0, 0.1) is 0 Å². The summed E-state index contributed by atoms with van der Waals surface area (Å²) in [7, 11) is 0. The molecule has 3 N–H and O–H groups in total. The molecule has 0 spiro atoms. The lowest BCUT2D eigenvalue weighted by molar-refractivity contribution is -0.137. The van der Waals surface area contributed by atoms with Gasteiger partial charge in [0, 0.05) is 5.39 Å². The van der Waals surface area contributed by atoms with E-state index in [1.807, 2.05) is 30.3 Å². The molecule has 0 atom stereocenters. The third kappa shape index (κ3) is 3.33. The van der Waals surface area contributed by atoms with Crippen LogP contribution in [0.2, 0.25) is 0 Å². The smallest absolute Gasteiger partial charge is 0.376 e. The van der Waals surface area contributed by atoms with Gasteiger partial charge in [-0.1, -0.05) is 30.3 Å². The lowest BCUT2D eigenvalue weighted by atomic mass is 10.1. The van der Waals surface area contributed by atoms with E-state index in [4.69, 9.17) is 18.0 Å². The highest BCUT2D eigenvalue weighted by Crippen LogP contribution is 2.33. The molecule has 2 aromatic carbocycles. The number of benzene rings is 2. The van der Waals surface area contributed by atoms with Gasteiger partial charge in [-0.2, -0.15) is 18.3 Å². The highest BCUT2D eigenvalue weighted by Gasteiger charge is 2.31. The lowest BCUT2D eigenvalue weighted by Crippen LogP contribution is -2.19. The Morgan fingerprint density at radius 3 is 2.50 bits per heavy atom. The summed E-state index contributed by atoms with van der Waals surface area (Å²) in [6.07, 6.45) is -4.43. The first kappa shape index (κ1) is 16.3. The van der Waals surface area contributed by atoms with E-state index in [1.54, 1.807) is 4.68 Å². The van der Waals surface area contributed by atoms with Crippen LogP contribution in [0.1, 0.15) is 11.1 Å². The molecular weight excluding hydrogens is 337 g/mol. The fourth-order valence-corrected chi connectivity index (χ4v) is 2.54. The number of aromatic nitrogens is 2. The van der Waals surface area contributed by atoms with Crippen LogP contribution < -0.4 is 11.1 Å². The van der Waals surface area contributed by atoms with E-state index in [1.165, 1.54) is 6.07 Å². The second-order valence-corrected chi connectivity index (χ2v) is 5.65. The maximum Gasteiger partial charge on any atom is 0.416 e. The molecule has 0 aliphatic heterocycles. The van der Waals surface area contributed by atoms with Crippen molar-refractivity contribution >= 4 is 34.1 Å². The van der Waals surface area contributed by atoms with Crippen molar-refractivity contribution in [2.45, 2.75) is 12.7 Å². The Bertz CT molecular complexity index is 887. The summed E-state index contributed by atoms with van der Waals surface area (Å²) < 4.78 is 40.5. The molecule has 0 aliphatic rings. The standard InChI is InChI=1S/C16H13F3N4S/c17-16(18,19)11-6-7-13-12(8-11)14(21-15(20)24)22-23(13)9-10-4-2-1-3-5-10/h1-8H,9H2,(H3,20,21,22,24). The van der Waals surface area contributed by atoms with Crippen molar-refractivity contribution < 1.29 is 13.2 Å². The summed E-state index contributed by atoms with van der Waals surface area (Å²) in [6, 6.07) is 13.0. The third-order valence-electron chi connectivity index (χ3n) is 3.49. The number of nitrogens with zero attached hydrogens (tertiary/aromatic N) is 2. The molecule has 3 rings (SSSR count). The number of halogens is 3. The molecule has 4 nitrogen and oxygen atoms in total. The number of thiocarbonyl (C=S) groups is 1. The normalized spacial score (nSPS) is 11.6. The van der Waals surface area contributed by atoms with Crippen LogP contribution in [0.15, 0.2) is 48.5 Å². The van der Waals surface area contributed by atoms with Crippen LogP contribution in [0.4, 0.5) is 19.0 Å². The van der Waals surface area contributed by atoms with Gasteiger partial charge in [-0.05, 0) is 36.0 Å². The molecule has 1 heterocycles. The molecule has 8 heteroatoms.